The van der Waals surface area contributed by atoms with Crippen molar-refractivity contribution in [1.82, 2.24) is 19.5 Å². The molecule has 0 aromatic carbocycles. The molecule has 17 heavy (non-hydrogen) atoms. The van der Waals surface area contributed by atoms with E-state index < -0.39 is 0 Å². The molecule has 0 aliphatic rings. The second kappa shape index (κ2) is 5.43. The van der Waals surface area contributed by atoms with Gasteiger partial charge < -0.3 is 9.88 Å². The molecule has 5 nitrogen and oxygen atoms in total. The molecular weight excluding hydrogens is 214 g/mol. The third-order valence-electron chi connectivity index (χ3n) is 2.52. The van der Waals surface area contributed by atoms with Crippen LogP contribution in [0, 0.1) is 0 Å². The van der Waals surface area contributed by atoms with Crippen LogP contribution in [0.3, 0.4) is 0 Å². The largest absolute Gasteiger partial charge is 0.368 e. The summed E-state index contributed by atoms with van der Waals surface area (Å²) < 4.78 is 2.03. The molecular formula is C12H17N5. The van der Waals surface area contributed by atoms with Gasteiger partial charge in [0.25, 0.3) is 0 Å². The summed E-state index contributed by atoms with van der Waals surface area (Å²) in [5.74, 6) is 1.30. The topological polar surface area (TPSA) is 55.6 Å². The van der Waals surface area contributed by atoms with Crippen molar-refractivity contribution < 1.29 is 0 Å². The number of anilines is 1. The monoisotopic (exact) mass is 231 g/mol. The van der Waals surface area contributed by atoms with Crippen molar-refractivity contribution in [3.63, 3.8) is 0 Å². The number of hydrogen-bond acceptors (Lipinski definition) is 4. The zero-order valence-electron chi connectivity index (χ0n) is 10.2. The van der Waals surface area contributed by atoms with Gasteiger partial charge in [-0.25, -0.2) is 15.0 Å². The Morgan fingerprint density at radius 3 is 2.94 bits per heavy atom. The summed E-state index contributed by atoms with van der Waals surface area (Å²) in [6.45, 7) is 5.95. The zero-order valence-corrected chi connectivity index (χ0v) is 10.2. The van der Waals surface area contributed by atoms with E-state index in [1.165, 1.54) is 0 Å². The summed E-state index contributed by atoms with van der Waals surface area (Å²) in [7, 11) is 0. The van der Waals surface area contributed by atoms with E-state index in [1.54, 1.807) is 18.9 Å². The summed E-state index contributed by atoms with van der Waals surface area (Å²) in [5.41, 5.74) is 1.06. The quantitative estimate of drug-likeness (QED) is 0.854. The van der Waals surface area contributed by atoms with Gasteiger partial charge in [0, 0.05) is 37.2 Å². The highest BCUT2D eigenvalue weighted by Crippen LogP contribution is 2.13. The number of aromatic nitrogens is 4. The van der Waals surface area contributed by atoms with Gasteiger partial charge in [0.05, 0.1) is 6.33 Å². The molecule has 0 saturated carbocycles. The number of nitrogens with zero attached hydrogens (tertiary/aromatic N) is 4. The molecule has 0 spiro atoms. The van der Waals surface area contributed by atoms with Crippen molar-refractivity contribution in [2.24, 2.45) is 0 Å². The number of rotatable bonds is 5. The maximum atomic E-state index is 4.23. The van der Waals surface area contributed by atoms with E-state index in [0.29, 0.717) is 5.92 Å². The maximum absolute atomic E-state index is 4.23. The van der Waals surface area contributed by atoms with Crippen LogP contribution in [-0.2, 0) is 6.54 Å². The van der Waals surface area contributed by atoms with Crippen LogP contribution in [0.2, 0.25) is 0 Å². The highest BCUT2D eigenvalue weighted by molar-refractivity contribution is 5.35. The van der Waals surface area contributed by atoms with Gasteiger partial charge in [-0.3, -0.25) is 0 Å². The lowest BCUT2D eigenvalue weighted by Gasteiger charge is -2.08. The second-order valence-corrected chi connectivity index (χ2v) is 4.21. The molecule has 0 fully saturated rings. The van der Waals surface area contributed by atoms with Crippen LogP contribution >= 0.6 is 0 Å². The fourth-order valence-corrected chi connectivity index (χ4v) is 1.52. The lowest BCUT2D eigenvalue weighted by molar-refractivity contribution is 0.724. The van der Waals surface area contributed by atoms with Gasteiger partial charge in [-0.15, -0.1) is 0 Å². The van der Waals surface area contributed by atoms with Gasteiger partial charge in [-0.1, -0.05) is 13.8 Å². The summed E-state index contributed by atoms with van der Waals surface area (Å²) >= 11 is 0. The molecule has 0 unspecified atom stereocenters. The van der Waals surface area contributed by atoms with Crippen LogP contribution in [0.1, 0.15) is 25.5 Å². The minimum Gasteiger partial charge on any atom is -0.368 e. The van der Waals surface area contributed by atoms with Crippen molar-refractivity contribution in [1.29, 1.82) is 0 Å². The van der Waals surface area contributed by atoms with Crippen LogP contribution < -0.4 is 5.32 Å². The summed E-state index contributed by atoms with van der Waals surface area (Å²) in [6, 6.07) is 2.00. The number of nitrogens with one attached hydrogen (secondary N) is 1. The molecule has 2 aromatic rings. The Hall–Kier alpha value is -1.91. The molecule has 2 aromatic heterocycles. The van der Waals surface area contributed by atoms with Gasteiger partial charge >= 0.3 is 0 Å². The van der Waals surface area contributed by atoms with Crippen LogP contribution in [0.25, 0.3) is 0 Å². The van der Waals surface area contributed by atoms with E-state index in [9.17, 15) is 0 Å². The van der Waals surface area contributed by atoms with E-state index in [0.717, 1.165) is 24.6 Å². The predicted molar refractivity (Wildman–Crippen MR) is 66.8 cm³/mol. The van der Waals surface area contributed by atoms with Crippen molar-refractivity contribution in [2.75, 3.05) is 11.9 Å². The van der Waals surface area contributed by atoms with Crippen LogP contribution in [0.5, 0.6) is 0 Å². The van der Waals surface area contributed by atoms with E-state index in [2.05, 4.69) is 34.1 Å². The van der Waals surface area contributed by atoms with Crippen molar-refractivity contribution >= 4 is 5.82 Å². The molecule has 0 bridgehead atoms. The first-order valence-electron chi connectivity index (χ1n) is 5.77. The van der Waals surface area contributed by atoms with E-state index in [4.69, 9.17) is 0 Å². The van der Waals surface area contributed by atoms with Gasteiger partial charge in [-0.05, 0) is 5.92 Å². The van der Waals surface area contributed by atoms with Crippen molar-refractivity contribution in [2.45, 2.75) is 26.3 Å². The fraction of sp³-hybridized carbons (Fsp3) is 0.417. The minimum atomic E-state index is 0.423. The van der Waals surface area contributed by atoms with E-state index in [-0.39, 0.29) is 0 Å². The highest BCUT2D eigenvalue weighted by atomic mass is 15.1. The van der Waals surface area contributed by atoms with Crippen LogP contribution in [0.15, 0.2) is 31.1 Å². The Labute approximate surface area is 101 Å². The molecule has 2 heterocycles. The van der Waals surface area contributed by atoms with Crippen LogP contribution in [0.4, 0.5) is 5.82 Å². The number of imidazole rings is 1. The molecule has 1 N–H and O–H groups in total. The summed E-state index contributed by atoms with van der Waals surface area (Å²) in [6.07, 6.45) is 7.14. The van der Waals surface area contributed by atoms with Gasteiger partial charge in [0.1, 0.15) is 12.1 Å². The Bertz CT molecular complexity index is 450. The summed E-state index contributed by atoms with van der Waals surface area (Å²) in [5, 5.41) is 3.28. The Morgan fingerprint density at radius 1 is 1.35 bits per heavy atom. The van der Waals surface area contributed by atoms with Gasteiger partial charge in [0.15, 0.2) is 0 Å². The molecule has 0 aliphatic carbocycles. The Morgan fingerprint density at radius 2 is 2.24 bits per heavy atom. The average Bonchev–Trinajstić information content (AvgIpc) is 2.82. The lowest BCUT2D eigenvalue weighted by Crippen LogP contribution is -2.10. The molecule has 5 heteroatoms. The average molecular weight is 231 g/mol. The fourth-order valence-electron chi connectivity index (χ4n) is 1.52. The first-order chi connectivity index (χ1) is 8.25. The smallest absolute Gasteiger partial charge is 0.129 e. The molecule has 90 valence electrons. The SMILES string of the molecule is CC(C)c1cc(NCCn2ccnc2)ncn1. The molecule has 0 radical (unpaired) electrons. The van der Waals surface area contributed by atoms with E-state index in [1.807, 2.05) is 16.8 Å². The molecule has 0 amide bonds. The second-order valence-electron chi connectivity index (χ2n) is 4.21. The zero-order chi connectivity index (χ0) is 12.1. The third-order valence-corrected chi connectivity index (χ3v) is 2.52. The van der Waals surface area contributed by atoms with Crippen molar-refractivity contribution in [3.05, 3.63) is 36.8 Å². The molecule has 2 rings (SSSR count). The Balaban J connectivity index is 1.88. The predicted octanol–water partition coefficient (Wildman–Crippen LogP) is 1.91. The number of hydrogen-bond donors (Lipinski definition) is 1. The summed E-state index contributed by atoms with van der Waals surface area (Å²) in [4.78, 5) is 12.4. The molecule has 0 atom stereocenters. The first-order valence-corrected chi connectivity index (χ1v) is 5.77. The van der Waals surface area contributed by atoms with Gasteiger partial charge in [0.2, 0.25) is 0 Å². The van der Waals surface area contributed by atoms with E-state index >= 15 is 0 Å². The lowest BCUT2D eigenvalue weighted by atomic mass is 10.1. The molecule has 0 saturated heterocycles. The normalized spacial score (nSPS) is 10.8. The molecule has 0 aliphatic heterocycles. The minimum absolute atomic E-state index is 0.423. The maximum Gasteiger partial charge on any atom is 0.129 e. The Kier molecular flexibility index (Phi) is 3.69. The van der Waals surface area contributed by atoms with Crippen LogP contribution in [-0.4, -0.2) is 26.1 Å². The highest BCUT2D eigenvalue weighted by Gasteiger charge is 2.02. The standard InChI is InChI=1S/C12H17N5/c1-10(2)11-7-12(16-8-15-11)14-4-6-17-5-3-13-9-17/h3,5,7-10H,4,6H2,1-2H3,(H,14,15,16). The van der Waals surface area contributed by atoms with Crippen molar-refractivity contribution in [3.8, 4) is 0 Å². The third kappa shape index (κ3) is 3.27. The first kappa shape index (κ1) is 11.6. The van der Waals surface area contributed by atoms with Gasteiger partial charge in [-0.2, -0.15) is 0 Å².